The lowest BCUT2D eigenvalue weighted by Gasteiger charge is -2.14. The quantitative estimate of drug-likeness (QED) is 0.508. The first kappa shape index (κ1) is 11.9. The van der Waals surface area contributed by atoms with Crippen LogP contribution < -0.4 is 11.3 Å². The van der Waals surface area contributed by atoms with Crippen molar-refractivity contribution in [2.24, 2.45) is 5.84 Å². The smallest absolute Gasteiger partial charge is 0.0495 e. The molecular weight excluding hydrogens is 308 g/mol. The molecule has 0 radical (unpaired) electrons. The molecule has 0 aromatic heterocycles. The van der Waals surface area contributed by atoms with Crippen LogP contribution >= 0.6 is 31.9 Å². The van der Waals surface area contributed by atoms with Gasteiger partial charge in [-0.1, -0.05) is 37.9 Å². The molecule has 1 aromatic carbocycles. The molecule has 1 rings (SSSR count). The first-order valence-electron chi connectivity index (χ1n) is 4.20. The number of hydrazine groups is 1. The molecule has 0 bridgehead atoms. The Morgan fingerprint density at radius 2 is 1.93 bits per heavy atom. The standard InChI is InChI=1S/C10H12Br2N2/c1-2-3-10(14-13)7-4-8(11)6-9(12)5-7/h2,4-6,10,14H,1,3,13H2. The highest BCUT2D eigenvalue weighted by molar-refractivity contribution is 9.11. The number of nitrogens with two attached hydrogens (primary N) is 1. The molecular formula is C10H12Br2N2. The van der Waals surface area contributed by atoms with Crippen LogP contribution in [0.3, 0.4) is 0 Å². The normalized spacial score (nSPS) is 12.5. The first-order valence-corrected chi connectivity index (χ1v) is 5.79. The third-order valence-electron chi connectivity index (χ3n) is 1.89. The van der Waals surface area contributed by atoms with Crippen LogP contribution in [0.15, 0.2) is 39.8 Å². The van der Waals surface area contributed by atoms with Gasteiger partial charge in [0, 0.05) is 15.0 Å². The average Bonchev–Trinajstić information content (AvgIpc) is 2.12. The van der Waals surface area contributed by atoms with E-state index in [2.05, 4.69) is 43.9 Å². The SMILES string of the molecule is C=CCC(NN)c1cc(Br)cc(Br)c1. The van der Waals surface area contributed by atoms with Gasteiger partial charge in [-0.05, 0) is 30.2 Å². The highest BCUT2D eigenvalue weighted by Crippen LogP contribution is 2.25. The topological polar surface area (TPSA) is 38.0 Å². The second-order valence-electron chi connectivity index (χ2n) is 2.95. The molecule has 3 N–H and O–H groups in total. The third kappa shape index (κ3) is 3.20. The summed E-state index contributed by atoms with van der Waals surface area (Å²) in [5.74, 6) is 5.46. The van der Waals surface area contributed by atoms with Crippen molar-refractivity contribution in [3.05, 3.63) is 45.4 Å². The monoisotopic (exact) mass is 318 g/mol. The number of hydrogen-bond donors (Lipinski definition) is 2. The molecule has 0 aliphatic rings. The molecule has 0 saturated carbocycles. The van der Waals surface area contributed by atoms with Crippen LogP contribution in [0, 0.1) is 0 Å². The third-order valence-corrected chi connectivity index (χ3v) is 2.81. The fourth-order valence-electron chi connectivity index (χ4n) is 1.24. The average molecular weight is 320 g/mol. The summed E-state index contributed by atoms with van der Waals surface area (Å²) in [4.78, 5) is 0. The molecule has 0 spiro atoms. The largest absolute Gasteiger partial charge is 0.271 e. The minimum Gasteiger partial charge on any atom is -0.271 e. The maximum atomic E-state index is 5.46. The first-order chi connectivity index (χ1) is 6.67. The molecule has 0 heterocycles. The highest BCUT2D eigenvalue weighted by atomic mass is 79.9. The maximum Gasteiger partial charge on any atom is 0.0495 e. The van der Waals surface area contributed by atoms with Crippen molar-refractivity contribution in [2.45, 2.75) is 12.5 Å². The van der Waals surface area contributed by atoms with Crippen LogP contribution in [-0.2, 0) is 0 Å². The van der Waals surface area contributed by atoms with Gasteiger partial charge in [0.05, 0.1) is 0 Å². The van der Waals surface area contributed by atoms with Gasteiger partial charge in [-0.3, -0.25) is 11.3 Å². The zero-order valence-electron chi connectivity index (χ0n) is 7.63. The molecule has 76 valence electrons. The van der Waals surface area contributed by atoms with E-state index in [-0.39, 0.29) is 6.04 Å². The predicted octanol–water partition coefficient (Wildman–Crippen LogP) is 3.29. The van der Waals surface area contributed by atoms with Crippen LogP contribution in [0.25, 0.3) is 0 Å². The Balaban J connectivity index is 2.96. The van der Waals surface area contributed by atoms with Crippen LogP contribution in [0.4, 0.5) is 0 Å². The Morgan fingerprint density at radius 1 is 1.36 bits per heavy atom. The fraction of sp³-hybridized carbons (Fsp3) is 0.200. The summed E-state index contributed by atoms with van der Waals surface area (Å²) in [7, 11) is 0. The molecule has 0 aliphatic carbocycles. The Hall–Kier alpha value is -0.160. The second kappa shape index (κ2) is 5.66. The van der Waals surface area contributed by atoms with Crippen LogP contribution in [0.2, 0.25) is 0 Å². The summed E-state index contributed by atoms with van der Waals surface area (Å²) in [6, 6.07) is 6.18. The summed E-state index contributed by atoms with van der Waals surface area (Å²) in [5.41, 5.74) is 3.89. The molecule has 0 saturated heterocycles. The van der Waals surface area contributed by atoms with Crippen molar-refractivity contribution in [3.63, 3.8) is 0 Å². The lowest BCUT2D eigenvalue weighted by atomic mass is 10.0. The minimum atomic E-state index is 0.112. The van der Waals surface area contributed by atoms with E-state index in [9.17, 15) is 0 Å². The number of benzene rings is 1. The van der Waals surface area contributed by atoms with Crippen LogP contribution in [0.1, 0.15) is 18.0 Å². The van der Waals surface area contributed by atoms with Gasteiger partial charge < -0.3 is 0 Å². The summed E-state index contributed by atoms with van der Waals surface area (Å²) >= 11 is 6.87. The molecule has 0 aliphatic heterocycles. The zero-order chi connectivity index (χ0) is 10.6. The van der Waals surface area contributed by atoms with E-state index < -0.39 is 0 Å². The van der Waals surface area contributed by atoms with Gasteiger partial charge in [0.1, 0.15) is 0 Å². The van der Waals surface area contributed by atoms with Crippen LogP contribution in [0.5, 0.6) is 0 Å². The van der Waals surface area contributed by atoms with Gasteiger partial charge >= 0.3 is 0 Å². The Bertz CT molecular complexity index is 306. The van der Waals surface area contributed by atoms with Gasteiger partial charge in [-0.2, -0.15) is 0 Å². The van der Waals surface area contributed by atoms with E-state index >= 15 is 0 Å². The molecule has 1 unspecified atom stereocenters. The van der Waals surface area contributed by atoms with Crippen molar-refractivity contribution in [1.29, 1.82) is 0 Å². The molecule has 0 fully saturated rings. The molecule has 2 nitrogen and oxygen atoms in total. The lowest BCUT2D eigenvalue weighted by Crippen LogP contribution is -2.27. The van der Waals surface area contributed by atoms with Gasteiger partial charge in [0.15, 0.2) is 0 Å². The number of nitrogens with one attached hydrogen (secondary N) is 1. The molecule has 1 aromatic rings. The molecule has 4 heteroatoms. The van der Waals surface area contributed by atoms with Gasteiger partial charge in [0.25, 0.3) is 0 Å². The van der Waals surface area contributed by atoms with Gasteiger partial charge in [0.2, 0.25) is 0 Å². The van der Waals surface area contributed by atoms with Crippen molar-refractivity contribution in [1.82, 2.24) is 5.43 Å². The Kier molecular flexibility index (Phi) is 4.81. The van der Waals surface area contributed by atoms with E-state index in [1.165, 1.54) is 0 Å². The molecule has 0 amide bonds. The predicted molar refractivity (Wildman–Crippen MR) is 66.7 cm³/mol. The Morgan fingerprint density at radius 3 is 2.36 bits per heavy atom. The molecule has 1 atom stereocenters. The maximum absolute atomic E-state index is 5.46. The number of rotatable bonds is 4. The molecule has 14 heavy (non-hydrogen) atoms. The van der Waals surface area contributed by atoms with Gasteiger partial charge in [-0.25, -0.2) is 0 Å². The van der Waals surface area contributed by atoms with E-state index in [4.69, 9.17) is 5.84 Å². The lowest BCUT2D eigenvalue weighted by molar-refractivity contribution is 0.561. The van der Waals surface area contributed by atoms with Crippen molar-refractivity contribution >= 4 is 31.9 Å². The van der Waals surface area contributed by atoms with E-state index in [0.29, 0.717) is 0 Å². The highest BCUT2D eigenvalue weighted by Gasteiger charge is 2.08. The van der Waals surface area contributed by atoms with E-state index in [0.717, 1.165) is 20.9 Å². The van der Waals surface area contributed by atoms with Crippen molar-refractivity contribution in [3.8, 4) is 0 Å². The van der Waals surface area contributed by atoms with E-state index in [1.807, 2.05) is 24.3 Å². The summed E-state index contributed by atoms with van der Waals surface area (Å²) in [5, 5.41) is 0. The summed E-state index contributed by atoms with van der Waals surface area (Å²) in [6.07, 6.45) is 2.65. The Labute approximate surface area is 101 Å². The van der Waals surface area contributed by atoms with Crippen LogP contribution in [-0.4, -0.2) is 0 Å². The number of halogens is 2. The van der Waals surface area contributed by atoms with E-state index in [1.54, 1.807) is 0 Å². The zero-order valence-corrected chi connectivity index (χ0v) is 10.8. The number of hydrogen-bond acceptors (Lipinski definition) is 2. The fourth-order valence-corrected chi connectivity index (χ4v) is 2.57. The summed E-state index contributed by atoms with van der Waals surface area (Å²) < 4.78 is 2.07. The van der Waals surface area contributed by atoms with Crippen molar-refractivity contribution < 1.29 is 0 Å². The van der Waals surface area contributed by atoms with Crippen molar-refractivity contribution in [2.75, 3.05) is 0 Å². The van der Waals surface area contributed by atoms with Gasteiger partial charge in [-0.15, -0.1) is 6.58 Å². The summed E-state index contributed by atoms with van der Waals surface area (Å²) in [6.45, 7) is 3.70. The minimum absolute atomic E-state index is 0.112. The second-order valence-corrected chi connectivity index (χ2v) is 4.78.